The van der Waals surface area contributed by atoms with Crippen molar-refractivity contribution in [1.29, 1.82) is 0 Å². The monoisotopic (exact) mass is 309 g/mol. The van der Waals surface area contributed by atoms with Gasteiger partial charge in [-0.2, -0.15) is 0 Å². The molecule has 5 heteroatoms. The topological polar surface area (TPSA) is 56.7 Å². The zero-order valence-electron chi connectivity index (χ0n) is 12.9. The van der Waals surface area contributed by atoms with Gasteiger partial charge in [-0.3, -0.25) is 4.79 Å². The summed E-state index contributed by atoms with van der Waals surface area (Å²) in [5.74, 6) is -0.304. The number of carbonyl (C=O) groups excluding carboxylic acids is 1. The van der Waals surface area contributed by atoms with E-state index in [2.05, 4.69) is 16.0 Å². The molecule has 23 heavy (non-hydrogen) atoms. The van der Waals surface area contributed by atoms with Crippen LogP contribution in [-0.4, -0.2) is 35.1 Å². The van der Waals surface area contributed by atoms with Crippen molar-refractivity contribution in [3.63, 3.8) is 0 Å². The van der Waals surface area contributed by atoms with Crippen LogP contribution in [0.1, 0.15) is 29.8 Å². The fraction of sp³-hybridized carbons (Fsp3) is 0.333. The Bertz CT molecular complexity index is 747. The summed E-state index contributed by atoms with van der Waals surface area (Å²) >= 11 is 0. The van der Waals surface area contributed by atoms with Crippen LogP contribution in [0.2, 0.25) is 0 Å². The molecular formula is C18H19N3O2. The fourth-order valence-corrected chi connectivity index (χ4v) is 3.63. The zero-order chi connectivity index (χ0) is 15.8. The number of aromatic hydroxyl groups is 1. The van der Waals surface area contributed by atoms with Crippen LogP contribution in [0.25, 0.3) is 0 Å². The average Bonchev–Trinajstić information content (AvgIpc) is 2.61. The van der Waals surface area contributed by atoms with Crippen LogP contribution >= 0.6 is 0 Å². The molecule has 5 nitrogen and oxygen atoms in total. The molecule has 0 aliphatic carbocycles. The van der Waals surface area contributed by atoms with Crippen molar-refractivity contribution in [2.45, 2.75) is 25.3 Å². The predicted molar refractivity (Wildman–Crippen MR) is 89.0 cm³/mol. The molecule has 3 heterocycles. The summed E-state index contributed by atoms with van der Waals surface area (Å²) in [6, 6.07) is 11.5. The van der Waals surface area contributed by atoms with E-state index in [9.17, 15) is 9.90 Å². The third-order valence-electron chi connectivity index (χ3n) is 4.74. The number of aromatic nitrogens is 1. The Morgan fingerprint density at radius 2 is 1.96 bits per heavy atom. The molecule has 2 aliphatic rings. The molecule has 0 spiro atoms. The number of piperidine rings is 1. The number of anilines is 2. The quantitative estimate of drug-likeness (QED) is 0.880. The highest BCUT2D eigenvalue weighted by atomic mass is 16.3. The number of fused-ring (bicyclic) bond motifs is 3. The van der Waals surface area contributed by atoms with Crippen molar-refractivity contribution in [2.75, 3.05) is 22.9 Å². The zero-order valence-corrected chi connectivity index (χ0v) is 12.9. The third kappa shape index (κ3) is 2.32. The number of nitrogens with zero attached hydrogens (tertiary/aromatic N) is 3. The molecule has 1 fully saturated rings. The van der Waals surface area contributed by atoms with Gasteiger partial charge in [-0.25, -0.2) is 4.98 Å². The Morgan fingerprint density at radius 3 is 2.78 bits per heavy atom. The van der Waals surface area contributed by atoms with E-state index in [1.165, 1.54) is 25.1 Å². The SMILES string of the molecule is O=C(c1ncccc1O)N1C[C@H]2CCCCN2c2ccccc21. The summed E-state index contributed by atoms with van der Waals surface area (Å²) in [7, 11) is 0. The molecule has 0 saturated carbocycles. The lowest BCUT2D eigenvalue weighted by molar-refractivity contribution is 0.0975. The largest absolute Gasteiger partial charge is 0.505 e. The van der Waals surface area contributed by atoms with E-state index in [1.807, 2.05) is 18.2 Å². The molecule has 2 aliphatic heterocycles. The van der Waals surface area contributed by atoms with Gasteiger partial charge in [-0.05, 0) is 43.5 Å². The lowest BCUT2D eigenvalue weighted by Gasteiger charge is -2.46. The second-order valence-electron chi connectivity index (χ2n) is 6.12. The summed E-state index contributed by atoms with van der Waals surface area (Å²) in [6.45, 7) is 1.68. The van der Waals surface area contributed by atoms with E-state index >= 15 is 0 Å². The molecule has 1 aromatic carbocycles. The molecule has 1 amide bonds. The molecule has 1 aromatic heterocycles. The van der Waals surface area contributed by atoms with Gasteiger partial charge in [0.15, 0.2) is 5.69 Å². The van der Waals surface area contributed by atoms with Crippen molar-refractivity contribution in [2.24, 2.45) is 0 Å². The summed E-state index contributed by atoms with van der Waals surface area (Å²) in [6.07, 6.45) is 5.02. The highest BCUT2D eigenvalue weighted by Crippen LogP contribution is 2.39. The van der Waals surface area contributed by atoms with E-state index in [1.54, 1.807) is 11.0 Å². The Morgan fingerprint density at radius 1 is 1.13 bits per heavy atom. The predicted octanol–water partition coefficient (Wildman–Crippen LogP) is 2.81. The van der Waals surface area contributed by atoms with Gasteiger partial charge in [-0.1, -0.05) is 12.1 Å². The first-order chi connectivity index (χ1) is 11.3. The van der Waals surface area contributed by atoms with Crippen molar-refractivity contribution >= 4 is 17.3 Å². The maximum absolute atomic E-state index is 12.9. The number of hydrogen-bond acceptors (Lipinski definition) is 4. The Hall–Kier alpha value is -2.56. The molecule has 1 N–H and O–H groups in total. The summed E-state index contributed by atoms with van der Waals surface area (Å²) in [4.78, 5) is 21.2. The molecular weight excluding hydrogens is 290 g/mol. The lowest BCUT2D eigenvalue weighted by Crippen LogP contribution is -2.53. The number of para-hydroxylation sites is 2. The van der Waals surface area contributed by atoms with Gasteiger partial charge in [-0.15, -0.1) is 0 Å². The Balaban J connectivity index is 1.76. The van der Waals surface area contributed by atoms with Gasteiger partial charge in [0.05, 0.1) is 11.4 Å². The highest BCUT2D eigenvalue weighted by molar-refractivity contribution is 6.08. The second kappa shape index (κ2) is 5.57. The number of hydrogen-bond donors (Lipinski definition) is 1. The van der Waals surface area contributed by atoms with Crippen LogP contribution in [-0.2, 0) is 0 Å². The standard InChI is InChI=1S/C18H19N3O2/c22-16-9-5-10-19-17(16)18(23)21-12-13-6-3-4-11-20(13)14-7-1-2-8-15(14)21/h1-2,5,7-10,13,22H,3-4,6,11-12H2/t13-/m1/s1. The van der Waals surface area contributed by atoms with Crippen molar-refractivity contribution < 1.29 is 9.90 Å². The molecule has 2 aromatic rings. The number of carbonyl (C=O) groups is 1. The maximum atomic E-state index is 12.9. The van der Waals surface area contributed by atoms with E-state index in [-0.39, 0.29) is 17.4 Å². The van der Waals surface area contributed by atoms with E-state index in [0.29, 0.717) is 12.6 Å². The van der Waals surface area contributed by atoms with Crippen molar-refractivity contribution in [3.8, 4) is 5.75 Å². The minimum absolute atomic E-state index is 0.0685. The smallest absolute Gasteiger partial charge is 0.280 e. The van der Waals surface area contributed by atoms with Gasteiger partial charge in [0, 0.05) is 25.3 Å². The Kier molecular flexibility index (Phi) is 3.41. The van der Waals surface area contributed by atoms with Crippen LogP contribution in [0.15, 0.2) is 42.6 Å². The van der Waals surface area contributed by atoms with Crippen LogP contribution in [0.5, 0.6) is 5.75 Å². The van der Waals surface area contributed by atoms with E-state index in [4.69, 9.17) is 0 Å². The van der Waals surface area contributed by atoms with Crippen LogP contribution in [0.3, 0.4) is 0 Å². The van der Waals surface area contributed by atoms with Gasteiger partial charge < -0.3 is 14.9 Å². The van der Waals surface area contributed by atoms with Crippen molar-refractivity contribution in [1.82, 2.24) is 4.98 Å². The second-order valence-corrected chi connectivity index (χ2v) is 6.12. The van der Waals surface area contributed by atoms with Gasteiger partial charge >= 0.3 is 0 Å². The van der Waals surface area contributed by atoms with Gasteiger partial charge in [0.2, 0.25) is 0 Å². The lowest BCUT2D eigenvalue weighted by atomic mass is 9.96. The molecule has 1 saturated heterocycles. The normalized spacial score (nSPS) is 19.9. The third-order valence-corrected chi connectivity index (χ3v) is 4.74. The fourth-order valence-electron chi connectivity index (χ4n) is 3.63. The number of pyridine rings is 1. The first kappa shape index (κ1) is 14.1. The first-order valence-corrected chi connectivity index (χ1v) is 8.07. The van der Waals surface area contributed by atoms with E-state index in [0.717, 1.165) is 24.3 Å². The summed E-state index contributed by atoms with van der Waals surface area (Å²) < 4.78 is 0. The summed E-state index contributed by atoms with van der Waals surface area (Å²) in [5.41, 5.74) is 2.12. The average molecular weight is 309 g/mol. The molecule has 0 bridgehead atoms. The minimum atomic E-state index is -0.235. The minimum Gasteiger partial charge on any atom is -0.505 e. The van der Waals surface area contributed by atoms with Crippen LogP contribution in [0.4, 0.5) is 11.4 Å². The van der Waals surface area contributed by atoms with Gasteiger partial charge in [0.1, 0.15) is 5.75 Å². The summed E-state index contributed by atoms with van der Waals surface area (Å²) in [5, 5.41) is 9.97. The van der Waals surface area contributed by atoms with Crippen LogP contribution in [0, 0.1) is 0 Å². The Labute approximate surface area is 135 Å². The molecule has 0 radical (unpaired) electrons. The molecule has 118 valence electrons. The molecule has 0 unspecified atom stereocenters. The molecule has 1 atom stereocenters. The molecule has 4 rings (SSSR count). The van der Waals surface area contributed by atoms with Gasteiger partial charge in [0.25, 0.3) is 5.91 Å². The highest BCUT2D eigenvalue weighted by Gasteiger charge is 2.35. The van der Waals surface area contributed by atoms with Crippen molar-refractivity contribution in [3.05, 3.63) is 48.3 Å². The number of rotatable bonds is 1. The number of amides is 1. The number of benzene rings is 1. The maximum Gasteiger partial charge on any atom is 0.280 e. The first-order valence-electron chi connectivity index (χ1n) is 8.07. The van der Waals surface area contributed by atoms with E-state index < -0.39 is 0 Å². The van der Waals surface area contributed by atoms with Crippen LogP contribution < -0.4 is 9.80 Å².